The van der Waals surface area contributed by atoms with E-state index in [0.717, 1.165) is 19.3 Å². The van der Waals surface area contributed by atoms with E-state index in [2.05, 4.69) is 4.74 Å². The van der Waals surface area contributed by atoms with Crippen LogP contribution in [-0.2, 0) is 14.3 Å². The highest BCUT2D eigenvalue weighted by Crippen LogP contribution is 2.51. The van der Waals surface area contributed by atoms with Crippen LogP contribution < -0.4 is 5.73 Å². The number of methoxy groups -OCH3 is 2. The third-order valence-corrected chi connectivity index (χ3v) is 2.81. The van der Waals surface area contributed by atoms with Crippen molar-refractivity contribution in [2.75, 3.05) is 20.8 Å². The van der Waals surface area contributed by atoms with Crippen LogP contribution in [0.15, 0.2) is 0 Å². The van der Waals surface area contributed by atoms with Crippen molar-refractivity contribution in [1.29, 1.82) is 0 Å². The van der Waals surface area contributed by atoms with E-state index in [9.17, 15) is 4.79 Å². The fraction of sp³-hybridized carbons (Fsp3) is 0.889. The second kappa shape index (κ2) is 4.07. The number of rotatable bonds is 5. The van der Waals surface area contributed by atoms with Crippen LogP contribution in [0.2, 0.25) is 0 Å². The third-order valence-electron chi connectivity index (χ3n) is 2.81. The highest BCUT2D eigenvalue weighted by molar-refractivity contribution is 5.77. The van der Waals surface area contributed by atoms with Crippen LogP contribution in [0.4, 0.5) is 0 Å². The third kappa shape index (κ3) is 2.19. The van der Waals surface area contributed by atoms with E-state index in [1.54, 1.807) is 7.11 Å². The van der Waals surface area contributed by atoms with Gasteiger partial charge in [-0.05, 0) is 24.7 Å². The molecular formula is C9H17NO3. The number of esters is 1. The molecule has 0 aromatic heterocycles. The number of carbonyl (C=O) groups excluding carboxylic acids is 1. The Morgan fingerprint density at radius 2 is 2.15 bits per heavy atom. The van der Waals surface area contributed by atoms with Crippen LogP contribution in [0, 0.1) is 5.41 Å². The molecule has 2 N–H and O–H groups in total. The van der Waals surface area contributed by atoms with Crippen LogP contribution in [0.3, 0.4) is 0 Å². The number of ether oxygens (including phenoxy) is 2. The monoisotopic (exact) mass is 187 g/mol. The van der Waals surface area contributed by atoms with Gasteiger partial charge in [0, 0.05) is 13.7 Å². The topological polar surface area (TPSA) is 61.5 Å². The Morgan fingerprint density at radius 3 is 2.54 bits per heavy atom. The van der Waals surface area contributed by atoms with Gasteiger partial charge < -0.3 is 15.2 Å². The molecule has 0 aromatic rings. The van der Waals surface area contributed by atoms with Crippen molar-refractivity contribution in [2.45, 2.75) is 25.3 Å². The average molecular weight is 187 g/mol. The van der Waals surface area contributed by atoms with Gasteiger partial charge in [-0.1, -0.05) is 0 Å². The maximum Gasteiger partial charge on any atom is 0.323 e. The SMILES string of the molecule is COCCC1(C(N)C(=O)OC)CC1. The lowest BCUT2D eigenvalue weighted by Crippen LogP contribution is -2.40. The summed E-state index contributed by atoms with van der Waals surface area (Å²) in [6.45, 7) is 0.657. The summed E-state index contributed by atoms with van der Waals surface area (Å²) < 4.78 is 9.59. The summed E-state index contributed by atoms with van der Waals surface area (Å²) in [5.74, 6) is -0.311. The van der Waals surface area contributed by atoms with Gasteiger partial charge in [0.1, 0.15) is 6.04 Å². The Hall–Kier alpha value is -0.610. The first kappa shape index (κ1) is 10.5. The van der Waals surface area contributed by atoms with E-state index in [4.69, 9.17) is 10.5 Å². The highest BCUT2D eigenvalue weighted by atomic mass is 16.5. The molecule has 1 unspecified atom stereocenters. The van der Waals surface area contributed by atoms with Crippen LogP contribution in [0.1, 0.15) is 19.3 Å². The number of hydrogen-bond acceptors (Lipinski definition) is 4. The largest absolute Gasteiger partial charge is 0.468 e. The summed E-state index contributed by atoms with van der Waals surface area (Å²) >= 11 is 0. The molecule has 13 heavy (non-hydrogen) atoms. The first-order valence-electron chi connectivity index (χ1n) is 4.48. The van der Waals surface area contributed by atoms with E-state index in [-0.39, 0.29) is 11.4 Å². The summed E-state index contributed by atoms with van der Waals surface area (Å²) in [6, 6.07) is -0.479. The molecule has 1 atom stereocenters. The van der Waals surface area contributed by atoms with Crippen molar-refractivity contribution in [1.82, 2.24) is 0 Å². The van der Waals surface area contributed by atoms with Gasteiger partial charge >= 0.3 is 5.97 Å². The van der Waals surface area contributed by atoms with E-state index in [1.165, 1.54) is 7.11 Å². The van der Waals surface area contributed by atoms with Crippen molar-refractivity contribution in [2.24, 2.45) is 11.1 Å². The van der Waals surface area contributed by atoms with Gasteiger partial charge in [-0.15, -0.1) is 0 Å². The lowest BCUT2D eigenvalue weighted by molar-refractivity contribution is -0.144. The minimum Gasteiger partial charge on any atom is -0.468 e. The minimum atomic E-state index is -0.479. The van der Waals surface area contributed by atoms with Crippen LogP contribution in [-0.4, -0.2) is 32.8 Å². The predicted molar refractivity (Wildman–Crippen MR) is 48.2 cm³/mol. The molecule has 4 nitrogen and oxygen atoms in total. The van der Waals surface area contributed by atoms with Crippen LogP contribution in [0.25, 0.3) is 0 Å². The Morgan fingerprint density at radius 1 is 1.54 bits per heavy atom. The molecule has 0 aromatic carbocycles. The number of carbonyl (C=O) groups is 1. The summed E-state index contributed by atoms with van der Waals surface area (Å²) in [4.78, 5) is 11.2. The average Bonchev–Trinajstić information content (AvgIpc) is 2.93. The van der Waals surface area contributed by atoms with Crippen molar-refractivity contribution in [3.05, 3.63) is 0 Å². The standard InChI is InChI=1S/C9H17NO3/c1-12-6-5-9(3-4-9)7(10)8(11)13-2/h7H,3-6,10H2,1-2H3. The maximum absolute atomic E-state index is 11.2. The molecule has 1 rings (SSSR count). The Bertz CT molecular complexity index is 189. The smallest absolute Gasteiger partial charge is 0.323 e. The molecular weight excluding hydrogens is 170 g/mol. The van der Waals surface area contributed by atoms with E-state index in [0.29, 0.717) is 6.61 Å². The predicted octanol–water partition coefficient (Wildman–Crippen LogP) is 0.303. The summed E-state index contributed by atoms with van der Waals surface area (Å²) in [5.41, 5.74) is 5.74. The molecule has 0 heterocycles. The van der Waals surface area contributed by atoms with Gasteiger partial charge in [-0.2, -0.15) is 0 Å². The maximum atomic E-state index is 11.2. The Balaban J connectivity index is 2.44. The van der Waals surface area contributed by atoms with Crippen molar-refractivity contribution < 1.29 is 14.3 Å². The molecule has 76 valence electrons. The fourth-order valence-electron chi connectivity index (χ4n) is 1.56. The molecule has 0 bridgehead atoms. The molecule has 4 heteroatoms. The summed E-state index contributed by atoms with van der Waals surface area (Å²) in [7, 11) is 3.02. The van der Waals surface area contributed by atoms with Gasteiger partial charge in [0.25, 0.3) is 0 Å². The van der Waals surface area contributed by atoms with E-state index < -0.39 is 6.04 Å². The van der Waals surface area contributed by atoms with Gasteiger partial charge in [0.05, 0.1) is 7.11 Å². The van der Waals surface area contributed by atoms with E-state index >= 15 is 0 Å². The van der Waals surface area contributed by atoms with Gasteiger partial charge in [-0.25, -0.2) is 0 Å². The zero-order valence-corrected chi connectivity index (χ0v) is 8.21. The second-order valence-electron chi connectivity index (χ2n) is 3.61. The lowest BCUT2D eigenvalue weighted by Gasteiger charge is -2.20. The molecule has 1 fully saturated rings. The quantitative estimate of drug-likeness (QED) is 0.629. The van der Waals surface area contributed by atoms with Crippen molar-refractivity contribution >= 4 is 5.97 Å². The molecule has 1 aliphatic rings. The summed E-state index contributed by atoms with van der Waals surface area (Å²) in [6.07, 6.45) is 2.86. The number of hydrogen-bond donors (Lipinski definition) is 1. The molecule has 0 saturated heterocycles. The molecule has 1 aliphatic carbocycles. The zero-order chi connectivity index (χ0) is 9.90. The molecule has 0 radical (unpaired) electrons. The van der Waals surface area contributed by atoms with Gasteiger partial charge in [-0.3, -0.25) is 4.79 Å². The molecule has 0 aliphatic heterocycles. The Kier molecular flexibility index (Phi) is 3.27. The van der Waals surface area contributed by atoms with Crippen LogP contribution in [0.5, 0.6) is 0 Å². The first-order chi connectivity index (χ1) is 6.16. The first-order valence-corrected chi connectivity index (χ1v) is 4.48. The summed E-state index contributed by atoms with van der Waals surface area (Å²) in [5, 5.41) is 0. The molecule has 1 saturated carbocycles. The second-order valence-corrected chi connectivity index (χ2v) is 3.61. The normalized spacial score (nSPS) is 20.8. The highest BCUT2D eigenvalue weighted by Gasteiger charge is 2.50. The van der Waals surface area contributed by atoms with Crippen LogP contribution >= 0.6 is 0 Å². The Labute approximate surface area is 78.4 Å². The van der Waals surface area contributed by atoms with E-state index in [1.807, 2.05) is 0 Å². The molecule has 0 spiro atoms. The zero-order valence-electron chi connectivity index (χ0n) is 8.21. The van der Waals surface area contributed by atoms with Crippen molar-refractivity contribution in [3.8, 4) is 0 Å². The minimum absolute atomic E-state index is 0.0386. The van der Waals surface area contributed by atoms with Gasteiger partial charge in [0.15, 0.2) is 0 Å². The lowest BCUT2D eigenvalue weighted by atomic mass is 9.94. The van der Waals surface area contributed by atoms with Crippen molar-refractivity contribution in [3.63, 3.8) is 0 Å². The molecule has 0 amide bonds. The fourth-order valence-corrected chi connectivity index (χ4v) is 1.56. The number of nitrogens with two attached hydrogens (primary N) is 1. The van der Waals surface area contributed by atoms with Gasteiger partial charge in [0.2, 0.25) is 0 Å².